The zero-order valence-electron chi connectivity index (χ0n) is 10.2. The van der Waals surface area contributed by atoms with E-state index >= 15 is 0 Å². The maximum absolute atomic E-state index is 4.22. The topological polar surface area (TPSA) is 48.5 Å². The fourth-order valence-corrected chi connectivity index (χ4v) is 1.70. The van der Waals surface area contributed by atoms with Gasteiger partial charge in [0.1, 0.15) is 5.69 Å². The minimum atomic E-state index is 0.569. The predicted molar refractivity (Wildman–Crippen MR) is 61.8 cm³/mol. The van der Waals surface area contributed by atoms with Gasteiger partial charge in [-0.2, -0.15) is 0 Å². The van der Waals surface area contributed by atoms with E-state index in [4.69, 9.17) is 0 Å². The van der Waals surface area contributed by atoms with Crippen LogP contribution >= 0.6 is 0 Å². The Morgan fingerprint density at radius 3 is 2.69 bits per heavy atom. The summed E-state index contributed by atoms with van der Waals surface area (Å²) in [7, 11) is 1.96. The fraction of sp³-hybridized carbons (Fsp3) is 0.545. The molecule has 0 aliphatic rings. The molecule has 0 bridgehead atoms. The minimum Gasteiger partial charge on any atom is -0.332 e. The van der Waals surface area contributed by atoms with Crippen molar-refractivity contribution in [3.8, 4) is 11.4 Å². The van der Waals surface area contributed by atoms with Crippen LogP contribution in [0.25, 0.3) is 11.4 Å². The molecule has 0 saturated carbocycles. The molecule has 2 heterocycles. The van der Waals surface area contributed by atoms with E-state index in [-0.39, 0.29) is 0 Å². The van der Waals surface area contributed by atoms with Crippen molar-refractivity contribution in [2.45, 2.75) is 27.3 Å². The quantitative estimate of drug-likeness (QED) is 0.788. The third-order valence-corrected chi connectivity index (χ3v) is 2.58. The van der Waals surface area contributed by atoms with Crippen LogP contribution in [0.5, 0.6) is 0 Å². The number of nitrogens with zero attached hydrogens (tertiary/aromatic N) is 5. The smallest absolute Gasteiger partial charge is 0.133 e. The first kappa shape index (κ1) is 10.9. The zero-order chi connectivity index (χ0) is 11.7. The van der Waals surface area contributed by atoms with Crippen molar-refractivity contribution in [3.63, 3.8) is 0 Å². The Balaban J connectivity index is 2.37. The molecular formula is C11H17N5. The monoisotopic (exact) mass is 219 g/mol. The minimum absolute atomic E-state index is 0.569. The van der Waals surface area contributed by atoms with Crippen molar-refractivity contribution in [1.29, 1.82) is 0 Å². The first-order valence-electron chi connectivity index (χ1n) is 5.46. The summed E-state index contributed by atoms with van der Waals surface area (Å²) in [4.78, 5) is 4.10. The van der Waals surface area contributed by atoms with E-state index in [1.807, 2.05) is 29.4 Å². The van der Waals surface area contributed by atoms with E-state index in [0.29, 0.717) is 5.92 Å². The van der Waals surface area contributed by atoms with Gasteiger partial charge in [-0.1, -0.05) is 19.1 Å². The van der Waals surface area contributed by atoms with Crippen LogP contribution in [-0.2, 0) is 13.6 Å². The van der Waals surface area contributed by atoms with Gasteiger partial charge in [0.15, 0.2) is 0 Å². The summed E-state index contributed by atoms with van der Waals surface area (Å²) in [5.41, 5.74) is 3.02. The van der Waals surface area contributed by atoms with Crippen LogP contribution in [0.15, 0.2) is 12.5 Å². The molecular weight excluding hydrogens is 202 g/mol. The van der Waals surface area contributed by atoms with Gasteiger partial charge in [-0.05, 0) is 12.8 Å². The molecule has 0 aromatic carbocycles. The summed E-state index contributed by atoms with van der Waals surface area (Å²) < 4.78 is 3.91. The average molecular weight is 219 g/mol. The van der Waals surface area contributed by atoms with Gasteiger partial charge in [-0.15, -0.1) is 5.10 Å². The van der Waals surface area contributed by atoms with E-state index in [1.165, 1.54) is 0 Å². The molecule has 5 nitrogen and oxygen atoms in total. The molecule has 0 N–H and O–H groups in total. The van der Waals surface area contributed by atoms with Crippen molar-refractivity contribution in [3.05, 3.63) is 18.2 Å². The first-order valence-corrected chi connectivity index (χ1v) is 5.46. The Kier molecular flexibility index (Phi) is 2.77. The maximum atomic E-state index is 4.22. The highest BCUT2D eigenvalue weighted by molar-refractivity contribution is 5.55. The Morgan fingerprint density at radius 1 is 1.38 bits per heavy atom. The number of aromatic nitrogens is 5. The van der Waals surface area contributed by atoms with Crippen LogP contribution in [0.3, 0.4) is 0 Å². The molecule has 0 unspecified atom stereocenters. The van der Waals surface area contributed by atoms with Gasteiger partial charge in [0, 0.05) is 13.6 Å². The van der Waals surface area contributed by atoms with Crippen molar-refractivity contribution in [2.24, 2.45) is 13.0 Å². The Labute approximate surface area is 95.1 Å². The lowest BCUT2D eigenvalue weighted by Gasteiger charge is -2.06. The van der Waals surface area contributed by atoms with E-state index < -0.39 is 0 Å². The Bertz CT molecular complexity index is 480. The molecule has 86 valence electrons. The highest BCUT2D eigenvalue weighted by Crippen LogP contribution is 2.19. The Hall–Kier alpha value is -1.65. The lowest BCUT2D eigenvalue weighted by molar-refractivity contribution is 0.464. The van der Waals surface area contributed by atoms with Gasteiger partial charge in [0.05, 0.1) is 23.9 Å². The van der Waals surface area contributed by atoms with Crippen molar-refractivity contribution < 1.29 is 0 Å². The lowest BCUT2D eigenvalue weighted by atomic mass is 10.2. The molecule has 0 atom stereocenters. The standard InChI is InChI=1S/C11H17N5/c1-8(2)6-16-9(3)11(13-14-16)10-5-12-7-15(10)4/h5,7-8H,6H2,1-4H3. The summed E-state index contributed by atoms with van der Waals surface area (Å²) in [6, 6.07) is 0. The van der Waals surface area contributed by atoms with Gasteiger partial charge in [0.25, 0.3) is 0 Å². The van der Waals surface area contributed by atoms with E-state index in [0.717, 1.165) is 23.6 Å². The third-order valence-electron chi connectivity index (χ3n) is 2.58. The summed E-state index contributed by atoms with van der Waals surface area (Å²) >= 11 is 0. The molecule has 0 saturated heterocycles. The number of hydrogen-bond donors (Lipinski definition) is 0. The number of imidazole rings is 1. The molecule has 0 fully saturated rings. The van der Waals surface area contributed by atoms with E-state index in [1.54, 1.807) is 6.33 Å². The van der Waals surface area contributed by atoms with Gasteiger partial charge in [-0.3, -0.25) is 0 Å². The van der Waals surface area contributed by atoms with Crippen LogP contribution in [0.4, 0.5) is 0 Å². The SMILES string of the molecule is Cc1c(-c2cncn2C)nnn1CC(C)C. The van der Waals surface area contributed by atoms with Gasteiger partial charge in [-0.25, -0.2) is 9.67 Å². The normalized spacial score (nSPS) is 11.3. The maximum Gasteiger partial charge on any atom is 0.133 e. The van der Waals surface area contributed by atoms with Crippen LogP contribution in [0.2, 0.25) is 0 Å². The van der Waals surface area contributed by atoms with Crippen LogP contribution in [0.1, 0.15) is 19.5 Å². The predicted octanol–water partition coefficient (Wildman–Crippen LogP) is 1.64. The van der Waals surface area contributed by atoms with Gasteiger partial charge >= 0.3 is 0 Å². The molecule has 0 amide bonds. The lowest BCUT2D eigenvalue weighted by Crippen LogP contribution is -2.07. The van der Waals surface area contributed by atoms with Gasteiger partial charge < -0.3 is 4.57 Å². The molecule has 0 aliphatic heterocycles. The summed E-state index contributed by atoms with van der Waals surface area (Å²) in [6.07, 6.45) is 3.59. The largest absolute Gasteiger partial charge is 0.332 e. The summed E-state index contributed by atoms with van der Waals surface area (Å²) in [6.45, 7) is 7.29. The van der Waals surface area contributed by atoms with Crippen LogP contribution < -0.4 is 0 Å². The highest BCUT2D eigenvalue weighted by atomic mass is 15.4. The molecule has 5 heteroatoms. The first-order chi connectivity index (χ1) is 7.59. The second-order valence-electron chi connectivity index (χ2n) is 4.49. The number of aryl methyl sites for hydroxylation is 1. The van der Waals surface area contributed by atoms with E-state index in [9.17, 15) is 0 Å². The zero-order valence-corrected chi connectivity index (χ0v) is 10.2. The third kappa shape index (κ3) is 1.85. The molecule has 0 radical (unpaired) electrons. The number of hydrogen-bond acceptors (Lipinski definition) is 3. The van der Waals surface area contributed by atoms with Crippen molar-refractivity contribution in [2.75, 3.05) is 0 Å². The average Bonchev–Trinajstić information content (AvgIpc) is 2.75. The van der Waals surface area contributed by atoms with Crippen LogP contribution in [0, 0.1) is 12.8 Å². The molecule has 0 spiro atoms. The second-order valence-corrected chi connectivity index (χ2v) is 4.49. The summed E-state index contributed by atoms with van der Waals surface area (Å²) in [5.74, 6) is 0.569. The van der Waals surface area contributed by atoms with Crippen molar-refractivity contribution in [1.82, 2.24) is 24.5 Å². The Morgan fingerprint density at radius 2 is 2.12 bits per heavy atom. The van der Waals surface area contributed by atoms with E-state index in [2.05, 4.69) is 29.1 Å². The van der Waals surface area contributed by atoms with Crippen LogP contribution in [-0.4, -0.2) is 24.5 Å². The summed E-state index contributed by atoms with van der Waals surface area (Å²) in [5, 5.41) is 8.40. The second kappa shape index (κ2) is 4.08. The molecule has 16 heavy (non-hydrogen) atoms. The molecule has 2 rings (SSSR count). The van der Waals surface area contributed by atoms with Crippen molar-refractivity contribution >= 4 is 0 Å². The highest BCUT2D eigenvalue weighted by Gasteiger charge is 2.13. The molecule has 0 aliphatic carbocycles. The number of rotatable bonds is 3. The molecule has 2 aromatic heterocycles. The molecule has 2 aromatic rings. The van der Waals surface area contributed by atoms with Gasteiger partial charge in [0.2, 0.25) is 0 Å². The fourth-order valence-electron chi connectivity index (χ4n) is 1.70.